The smallest absolute Gasteiger partial charge is 0.407 e. The zero-order chi connectivity index (χ0) is 15.5. The molecule has 6 heteroatoms. The number of thiazole rings is 1. The summed E-state index contributed by atoms with van der Waals surface area (Å²) in [5.74, 6) is 0. The molecule has 1 aliphatic rings. The molecule has 3 atom stereocenters. The van der Waals surface area contributed by atoms with E-state index in [-0.39, 0.29) is 24.2 Å². The average molecular weight is 311 g/mol. The minimum Gasteiger partial charge on any atom is -0.444 e. The van der Waals surface area contributed by atoms with Crippen LogP contribution in [-0.4, -0.2) is 28.8 Å². The van der Waals surface area contributed by atoms with Gasteiger partial charge in [-0.25, -0.2) is 4.79 Å². The van der Waals surface area contributed by atoms with Crippen LogP contribution in [-0.2, 0) is 4.74 Å². The van der Waals surface area contributed by atoms with Gasteiger partial charge in [-0.3, -0.25) is 4.98 Å². The molecule has 1 heterocycles. The highest BCUT2D eigenvalue weighted by Crippen LogP contribution is 2.24. The third-order valence-corrected chi connectivity index (χ3v) is 4.52. The number of ether oxygens (including phenoxy) is 1. The van der Waals surface area contributed by atoms with Crippen LogP contribution in [0.5, 0.6) is 0 Å². The van der Waals surface area contributed by atoms with E-state index in [1.165, 1.54) is 4.88 Å². The van der Waals surface area contributed by atoms with Gasteiger partial charge in [0.15, 0.2) is 0 Å². The van der Waals surface area contributed by atoms with Gasteiger partial charge in [-0.2, -0.15) is 0 Å². The summed E-state index contributed by atoms with van der Waals surface area (Å²) in [6.07, 6.45) is 4.75. The first-order valence-corrected chi connectivity index (χ1v) is 8.37. The number of alkyl carbamates (subject to hydrolysis) is 1. The summed E-state index contributed by atoms with van der Waals surface area (Å²) in [6.45, 7) is 7.77. The molecule has 3 unspecified atom stereocenters. The molecular weight excluding hydrogens is 286 g/mol. The Labute approximate surface area is 130 Å². The zero-order valence-corrected chi connectivity index (χ0v) is 14.0. The summed E-state index contributed by atoms with van der Waals surface area (Å²) >= 11 is 1.65. The van der Waals surface area contributed by atoms with E-state index in [0.717, 1.165) is 19.3 Å². The van der Waals surface area contributed by atoms with E-state index in [1.807, 2.05) is 32.5 Å². The standard InChI is InChI=1S/C15H25N3O2S/c1-10(13-8-16-9-21-13)17-11-6-5-7-12(11)18-14(19)20-15(2,3)4/h8-12,17H,5-7H2,1-4H3,(H,18,19). The molecule has 0 saturated heterocycles. The summed E-state index contributed by atoms with van der Waals surface area (Å²) in [5.41, 5.74) is 1.39. The molecule has 1 saturated carbocycles. The fourth-order valence-electron chi connectivity index (χ4n) is 2.63. The minimum absolute atomic E-state index is 0.134. The summed E-state index contributed by atoms with van der Waals surface area (Å²) < 4.78 is 5.34. The van der Waals surface area contributed by atoms with Gasteiger partial charge in [-0.05, 0) is 47.0 Å². The van der Waals surface area contributed by atoms with Crippen LogP contribution in [0.25, 0.3) is 0 Å². The Bertz CT molecular complexity index is 456. The molecule has 2 rings (SSSR count). The fraction of sp³-hybridized carbons (Fsp3) is 0.733. The topological polar surface area (TPSA) is 63.2 Å². The fourth-order valence-corrected chi connectivity index (χ4v) is 3.27. The van der Waals surface area contributed by atoms with E-state index in [0.29, 0.717) is 0 Å². The number of carbonyl (C=O) groups excluding carboxylic acids is 1. The first-order chi connectivity index (χ1) is 9.85. The number of nitrogens with one attached hydrogen (secondary N) is 2. The lowest BCUT2D eigenvalue weighted by Gasteiger charge is -2.27. The van der Waals surface area contributed by atoms with Crippen molar-refractivity contribution in [3.63, 3.8) is 0 Å². The second-order valence-electron chi connectivity index (χ2n) is 6.58. The van der Waals surface area contributed by atoms with E-state index in [9.17, 15) is 4.79 Å². The summed E-state index contributed by atoms with van der Waals surface area (Å²) in [6, 6.07) is 0.674. The van der Waals surface area contributed by atoms with Crippen molar-refractivity contribution in [3.05, 3.63) is 16.6 Å². The lowest BCUT2D eigenvalue weighted by molar-refractivity contribution is 0.0497. The highest BCUT2D eigenvalue weighted by atomic mass is 32.1. The van der Waals surface area contributed by atoms with Gasteiger partial charge in [-0.1, -0.05) is 0 Å². The quantitative estimate of drug-likeness (QED) is 0.896. The van der Waals surface area contributed by atoms with Crippen molar-refractivity contribution in [3.8, 4) is 0 Å². The van der Waals surface area contributed by atoms with E-state index in [4.69, 9.17) is 4.74 Å². The normalized spacial score (nSPS) is 23.8. The van der Waals surface area contributed by atoms with Gasteiger partial charge in [0.25, 0.3) is 0 Å². The van der Waals surface area contributed by atoms with Crippen LogP contribution in [0.1, 0.15) is 57.9 Å². The number of hydrogen-bond donors (Lipinski definition) is 2. The Hall–Kier alpha value is -1.14. The van der Waals surface area contributed by atoms with Crippen LogP contribution in [0, 0.1) is 0 Å². The molecule has 1 aliphatic carbocycles. The molecule has 0 bridgehead atoms. The van der Waals surface area contributed by atoms with Crippen LogP contribution in [0.2, 0.25) is 0 Å². The molecular formula is C15H25N3O2S. The molecule has 1 fully saturated rings. The molecule has 21 heavy (non-hydrogen) atoms. The van der Waals surface area contributed by atoms with Gasteiger partial charge in [0.05, 0.1) is 5.51 Å². The Morgan fingerprint density at radius 2 is 2.14 bits per heavy atom. The van der Waals surface area contributed by atoms with E-state index >= 15 is 0 Å². The van der Waals surface area contributed by atoms with Gasteiger partial charge in [0.2, 0.25) is 0 Å². The molecule has 118 valence electrons. The first-order valence-electron chi connectivity index (χ1n) is 7.49. The maximum atomic E-state index is 11.9. The van der Waals surface area contributed by atoms with Crippen molar-refractivity contribution in [1.82, 2.24) is 15.6 Å². The molecule has 2 N–H and O–H groups in total. The van der Waals surface area contributed by atoms with Crippen molar-refractivity contribution in [2.45, 2.75) is 70.7 Å². The van der Waals surface area contributed by atoms with Crippen molar-refractivity contribution >= 4 is 17.4 Å². The molecule has 0 spiro atoms. The number of amides is 1. The SMILES string of the molecule is CC(NC1CCCC1NC(=O)OC(C)(C)C)c1cncs1. The largest absolute Gasteiger partial charge is 0.444 e. The van der Waals surface area contributed by atoms with Gasteiger partial charge in [-0.15, -0.1) is 11.3 Å². The molecule has 1 aromatic rings. The molecule has 5 nitrogen and oxygen atoms in total. The number of carbonyl (C=O) groups is 1. The third kappa shape index (κ3) is 4.97. The summed E-state index contributed by atoms with van der Waals surface area (Å²) in [7, 11) is 0. The first kappa shape index (κ1) is 16.2. The Balaban J connectivity index is 1.87. The summed E-state index contributed by atoms with van der Waals surface area (Å²) in [5, 5.41) is 6.60. The lowest BCUT2D eigenvalue weighted by atomic mass is 10.1. The molecule has 1 aromatic heterocycles. The number of hydrogen-bond acceptors (Lipinski definition) is 5. The number of aromatic nitrogens is 1. The Kier molecular flexibility index (Phi) is 5.22. The number of rotatable bonds is 4. The minimum atomic E-state index is -0.457. The maximum Gasteiger partial charge on any atom is 0.407 e. The predicted molar refractivity (Wildman–Crippen MR) is 84.5 cm³/mol. The van der Waals surface area contributed by atoms with Crippen LogP contribution in [0.15, 0.2) is 11.7 Å². The van der Waals surface area contributed by atoms with Gasteiger partial charge in [0.1, 0.15) is 5.60 Å². The van der Waals surface area contributed by atoms with Crippen LogP contribution in [0.4, 0.5) is 4.79 Å². The van der Waals surface area contributed by atoms with Crippen LogP contribution < -0.4 is 10.6 Å². The molecule has 0 radical (unpaired) electrons. The Morgan fingerprint density at radius 1 is 1.43 bits per heavy atom. The highest BCUT2D eigenvalue weighted by Gasteiger charge is 2.31. The van der Waals surface area contributed by atoms with Crippen molar-refractivity contribution in [1.29, 1.82) is 0 Å². The van der Waals surface area contributed by atoms with Crippen molar-refractivity contribution in [2.24, 2.45) is 0 Å². The Morgan fingerprint density at radius 3 is 2.76 bits per heavy atom. The average Bonchev–Trinajstić information content (AvgIpc) is 2.98. The predicted octanol–water partition coefficient (Wildman–Crippen LogP) is 3.24. The highest BCUT2D eigenvalue weighted by molar-refractivity contribution is 7.09. The second-order valence-corrected chi connectivity index (χ2v) is 7.50. The number of nitrogens with zero attached hydrogens (tertiary/aromatic N) is 1. The van der Waals surface area contributed by atoms with Gasteiger partial charge >= 0.3 is 6.09 Å². The van der Waals surface area contributed by atoms with Crippen molar-refractivity contribution < 1.29 is 9.53 Å². The lowest BCUT2D eigenvalue weighted by Crippen LogP contribution is -2.48. The molecule has 0 aromatic carbocycles. The van der Waals surface area contributed by atoms with Crippen LogP contribution in [0.3, 0.4) is 0 Å². The zero-order valence-electron chi connectivity index (χ0n) is 13.2. The van der Waals surface area contributed by atoms with Crippen molar-refractivity contribution in [2.75, 3.05) is 0 Å². The van der Waals surface area contributed by atoms with E-state index in [2.05, 4.69) is 22.5 Å². The second kappa shape index (κ2) is 6.75. The van der Waals surface area contributed by atoms with Crippen LogP contribution >= 0.6 is 11.3 Å². The maximum absolute atomic E-state index is 11.9. The monoisotopic (exact) mass is 311 g/mol. The van der Waals surface area contributed by atoms with Gasteiger partial charge in [0, 0.05) is 29.2 Å². The molecule has 1 amide bonds. The van der Waals surface area contributed by atoms with E-state index < -0.39 is 5.60 Å². The van der Waals surface area contributed by atoms with E-state index in [1.54, 1.807) is 11.3 Å². The van der Waals surface area contributed by atoms with Gasteiger partial charge < -0.3 is 15.4 Å². The molecule has 0 aliphatic heterocycles. The summed E-state index contributed by atoms with van der Waals surface area (Å²) in [4.78, 5) is 17.2. The third-order valence-electron chi connectivity index (χ3n) is 3.56.